The number of halogens is 1. The highest BCUT2D eigenvalue weighted by atomic mass is 35.5. The smallest absolute Gasteiger partial charge is 0.269 e. The molecule has 0 saturated heterocycles. The van der Waals surface area contributed by atoms with Gasteiger partial charge in [-0.05, 0) is 50.8 Å². The van der Waals surface area contributed by atoms with E-state index in [1.807, 2.05) is 31.3 Å². The summed E-state index contributed by atoms with van der Waals surface area (Å²) < 4.78 is 1.79. The number of aromatic amines is 1. The lowest BCUT2D eigenvalue weighted by atomic mass is 9.96. The Morgan fingerprint density at radius 1 is 1.38 bits per heavy atom. The number of aryl methyl sites for hydroxylation is 1. The first-order chi connectivity index (χ1) is 14.0. The van der Waals surface area contributed by atoms with Gasteiger partial charge in [0.2, 0.25) is 0 Å². The van der Waals surface area contributed by atoms with E-state index in [1.54, 1.807) is 16.8 Å². The van der Waals surface area contributed by atoms with E-state index in [-0.39, 0.29) is 11.9 Å². The number of nitrogens with one attached hydrogen (secondary N) is 2. The zero-order chi connectivity index (χ0) is 20.4. The molecule has 0 aliphatic heterocycles. The van der Waals surface area contributed by atoms with E-state index >= 15 is 0 Å². The van der Waals surface area contributed by atoms with Gasteiger partial charge in [0.25, 0.3) is 5.91 Å². The molecule has 2 aromatic heterocycles. The summed E-state index contributed by atoms with van der Waals surface area (Å²) in [4.78, 5) is 12.6. The van der Waals surface area contributed by atoms with Crippen LogP contribution in [-0.2, 0) is 19.4 Å². The third-order valence-corrected chi connectivity index (χ3v) is 5.45. The predicted octanol–water partition coefficient (Wildman–Crippen LogP) is 3.50. The Morgan fingerprint density at radius 2 is 2.21 bits per heavy atom. The molecule has 2 N–H and O–H groups in total. The Balaban J connectivity index is 1.41. The highest BCUT2D eigenvalue weighted by Crippen LogP contribution is 2.24. The molecule has 1 atom stereocenters. The second-order valence-electron chi connectivity index (χ2n) is 7.33. The van der Waals surface area contributed by atoms with Crippen LogP contribution in [-0.4, -0.2) is 31.9 Å². The van der Waals surface area contributed by atoms with Gasteiger partial charge in [-0.15, -0.1) is 0 Å². The summed E-state index contributed by atoms with van der Waals surface area (Å²) in [5.41, 5.74) is 4.70. The molecule has 3 aromatic rings. The van der Waals surface area contributed by atoms with Crippen molar-refractivity contribution in [3.05, 3.63) is 58.0 Å². The number of H-pyrrole nitrogens is 1. The number of hydrogen-bond acceptors (Lipinski definition) is 4. The second kappa shape index (κ2) is 8.10. The second-order valence-corrected chi connectivity index (χ2v) is 7.74. The van der Waals surface area contributed by atoms with E-state index in [1.165, 1.54) is 0 Å². The molecular formula is C21H21ClN6O. The van der Waals surface area contributed by atoms with Crippen LogP contribution in [0.4, 0.5) is 0 Å². The van der Waals surface area contributed by atoms with Crippen LogP contribution in [0.15, 0.2) is 30.5 Å². The lowest BCUT2D eigenvalue weighted by molar-refractivity contribution is 0.0930. The van der Waals surface area contributed by atoms with Crippen molar-refractivity contribution in [2.75, 3.05) is 0 Å². The van der Waals surface area contributed by atoms with Crippen molar-refractivity contribution in [1.29, 1.82) is 5.26 Å². The SMILES string of the molecule is C[C@@H](Cn1ccc(-c2ccc(C#N)c(Cl)c2)n1)NC(=O)c1[nH]nc2c1CCCC2. The molecule has 0 spiro atoms. The molecule has 7 nitrogen and oxygen atoms in total. The van der Waals surface area contributed by atoms with Gasteiger partial charge in [0.1, 0.15) is 11.8 Å². The van der Waals surface area contributed by atoms with Gasteiger partial charge < -0.3 is 5.32 Å². The van der Waals surface area contributed by atoms with Crippen molar-refractivity contribution < 1.29 is 4.79 Å². The van der Waals surface area contributed by atoms with Gasteiger partial charge in [0, 0.05) is 23.4 Å². The quantitative estimate of drug-likeness (QED) is 0.674. The monoisotopic (exact) mass is 408 g/mol. The number of rotatable bonds is 5. The van der Waals surface area contributed by atoms with Crippen molar-refractivity contribution in [2.24, 2.45) is 0 Å². The highest BCUT2D eigenvalue weighted by Gasteiger charge is 2.22. The fraction of sp³-hybridized carbons (Fsp3) is 0.333. The van der Waals surface area contributed by atoms with Gasteiger partial charge in [-0.2, -0.15) is 15.5 Å². The van der Waals surface area contributed by atoms with Gasteiger partial charge in [0.15, 0.2) is 0 Å². The molecule has 2 heterocycles. The molecule has 1 amide bonds. The summed E-state index contributed by atoms with van der Waals surface area (Å²) in [6.45, 7) is 2.48. The summed E-state index contributed by atoms with van der Waals surface area (Å²) in [5.74, 6) is -0.126. The number of carbonyl (C=O) groups is 1. The van der Waals surface area contributed by atoms with Crippen LogP contribution in [0, 0.1) is 11.3 Å². The van der Waals surface area contributed by atoms with E-state index in [0.717, 1.165) is 48.2 Å². The van der Waals surface area contributed by atoms with Crippen LogP contribution in [0.1, 0.15) is 47.1 Å². The molecular weight excluding hydrogens is 388 g/mol. The fourth-order valence-corrected chi connectivity index (χ4v) is 3.89. The topological polar surface area (TPSA) is 99.4 Å². The Kier molecular flexibility index (Phi) is 5.36. The van der Waals surface area contributed by atoms with Gasteiger partial charge >= 0.3 is 0 Å². The minimum Gasteiger partial charge on any atom is -0.346 e. The number of amides is 1. The van der Waals surface area contributed by atoms with E-state index in [4.69, 9.17) is 16.9 Å². The fourth-order valence-electron chi connectivity index (χ4n) is 3.67. The maximum Gasteiger partial charge on any atom is 0.269 e. The van der Waals surface area contributed by atoms with E-state index in [2.05, 4.69) is 20.6 Å². The van der Waals surface area contributed by atoms with Crippen LogP contribution >= 0.6 is 11.6 Å². The molecule has 0 unspecified atom stereocenters. The first kappa shape index (κ1) is 19.2. The minimum atomic E-state index is -0.126. The molecule has 1 aromatic carbocycles. The zero-order valence-corrected chi connectivity index (χ0v) is 16.8. The molecule has 1 aliphatic rings. The normalized spacial score (nSPS) is 14.1. The molecule has 1 aliphatic carbocycles. The van der Waals surface area contributed by atoms with Crippen LogP contribution in [0.25, 0.3) is 11.3 Å². The molecule has 4 rings (SSSR count). The Morgan fingerprint density at radius 3 is 3.00 bits per heavy atom. The van der Waals surface area contributed by atoms with E-state index in [0.29, 0.717) is 22.8 Å². The number of nitrogens with zero attached hydrogens (tertiary/aromatic N) is 4. The van der Waals surface area contributed by atoms with Crippen molar-refractivity contribution >= 4 is 17.5 Å². The first-order valence-corrected chi connectivity index (χ1v) is 10.0. The Hall–Kier alpha value is -3.11. The Labute approximate surface area is 173 Å². The maximum atomic E-state index is 12.6. The number of hydrogen-bond donors (Lipinski definition) is 2. The van der Waals surface area contributed by atoms with Crippen molar-refractivity contribution in [2.45, 2.75) is 45.2 Å². The van der Waals surface area contributed by atoms with Gasteiger partial charge in [-0.1, -0.05) is 17.7 Å². The van der Waals surface area contributed by atoms with Crippen LogP contribution in [0.2, 0.25) is 5.02 Å². The molecule has 148 valence electrons. The van der Waals surface area contributed by atoms with E-state index < -0.39 is 0 Å². The number of aromatic nitrogens is 4. The standard InChI is InChI=1S/C21H21ClN6O/c1-13(24-21(29)20-16-4-2-3-5-19(16)25-26-20)12-28-9-8-18(27-28)14-6-7-15(11-23)17(22)10-14/h6-10,13H,2-5,12H2,1H3,(H,24,29)(H,25,26)/t13-/m0/s1. The molecule has 0 radical (unpaired) electrons. The number of benzene rings is 1. The third-order valence-electron chi connectivity index (χ3n) is 5.13. The molecule has 0 fully saturated rings. The zero-order valence-electron chi connectivity index (χ0n) is 16.1. The summed E-state index contributed by atoms with van der Waals surface area (Å²) in [5, 5.41) is 24.2. The summed E-state index contributed by atoms with van der Waals surface area (Å²) in [6.07, 6.45) is 5.92. The van der Waals surface area contributed by atoms with Gasteiger partial charge in [-0.25, -0.2) is 0 Å². The lowest BCUT2D eigenvalue weighted by Gasteiger charge is -2.15. The average Bonchev–Trinajstić information content (AvgIpc) is 3.34. The lowest BCUT2D eigenvalue weighted by Crippen LogP contribution is -2.36. The summed E-state index contributed by atoms with van der Waals surface area (Å²) in [6, 6.07) is 9.07. The maximum absolute atomic E-state index is 12.6. The van der Waals surface area contributed by atoms with Crippen LogP contribution in [0.3, 0.4) is 0 Å². The summed E-state index contributed by atoms with van der Waals surface area (Å²) >= 11 is 6.11. The Bertz CT molecular complexity index is 1090. The van der Waals surface area contributed by atoms with Gasteiger partial charge in [0.05, 0.1) is 28.5 Å². The minimum absolute atomic E-state index is 0.109. The van der Waals surface area contributed by atoms with Crippen LogP contribution < -0.4 is 5.32 Å². The number of fused-ring (bicyclic) bond motifs is 1. The molecule has 0 bridgehead atoms. The van der Waals surface area contributed by atoms with Crippen molar-refractivity contribution in [3.8, 4) is 17.3 Å². The third kappa shape index (κ3) is 4.03. The van der Waals surface area contributed by atoms with Gasteiger partial charge in [-0.3, -0.25) is 14.6 Å². The number of nitriles is 1. The van der Waals surface area contributed by atoms with Crippen molar-refractivity contribution in [1.82, 2.24) is 25.3 Å². The molecule has 0 saturated carbocycles. The summed E-state index contributed by atoms with van der Waals surface area (Å²) in [7, 11) is 0. The number of carbonyl (C=O) groups excluding carboxylic acids is 1. The van der Waals surface area contributed by atoms with E-state index in [9.17, 15) is 4.79 Å². The molecule has 29 heavy (non-hydrogen) atoms. The van der Waals surface area contributed by atoms with Crippen molar-refractivity contribution in [3.63, 3.8) is 0 Å². The highest BCUT2D eigenvalue weighted by molar-refractivity contribution is 6.32. The average molecular weight is 409 g/mol. The first-order valence-electron chi connectivity index (χ1n) is 9.65. The molecule has 8 heteroatoms. The predicted molar refractivity (Wildman–Crippen MR) is 110 cm³/mol. The largest absolute Gasteiger partial charge is 0.346 e. The van der Waals surface area contributed by atoms with Crippen LogP contribution in [0.5, 0.6) is 0 Å².